The second-order valence-corrected chi connectivity index (χ2v) is 5.02. The predicted octanol–water partition coefficient (Wildman–Crippen LogP) is 1.87. The zero-order valence-corrected chi connectivity index (χ0v) is 11.2. The largest absolute Gasteiger partial charge is 0.384 e. The molecule has 2 rings (SSSR count). The fourth-order valence-electron chi connectivity index (χ4n) is 2.92. The summed E-state index contributed by atoms with van der Waals surface area (Å²) in [6, 6.07) is 4.03. The van der Waals surface area contributed by atoms with Crippen LogP contribution in [-0.2, 0) is 15.9 Å². The number of aryl methyl sites for hydroxylation is 1. The zero-order valence-electron chi connectivity index (χ0n) is 11.2. The molecule has 0 saturated heterocycles. The molecule has 0 bridgehead atoms. The first-order valence-corrected chi connectivity index (χ1v) is 6.33. The summed E-state index contributed by atoms with van der Waals surface area (Å²) in [7, 11) is 3.09. The van der Waals surface area contributed by atoms with E-state index in [-0.39, 0.29) is 5.92 Å². The van der Waals surface area contributed by atoms with Gasteiger partial charge < -0.3 is 14.6 Å². The first kappa shape index (κ1) is 13.5. The summed E-state index contributed by atoms with van der Waals surface area (Å²) in [4.78, 5) is 4.45. The Hall–Kier alpha value is -0.970. The van der Waals surface area contributed by atoms with Crippen molar-refractivity contribution in [3.8, 4) is 0 Å². The summed E-state index contributed by atoms with van der Waals surface area (Å²) in [5.41, 5.74) is 1.13. The van der Waals surface area contributed by atoms with Crippen LogP contribution < -0.4 is 0 Å². The van der Waals surface area contributed by atoms with Gasteiger partial charge in [0, 0.05) is 32.0 Å². The standard InChI is InChI=1S/C14H21NO3/c1-14(16,13(17-2)18-3)11-8-4-6-10-7-5-9-15-12(10)11/h5,7,9,11,13,16H,4,6,8H2,1-3H3. The molecule has 2 atom stereocenters. The molecule has 1 heterocycles. The summed E-state index contributed by atoms with van der Waals surface area (Å²) in [6.45, 7) is 1.76. The highest BCUT2D eigenvalue weighted by Gasteiger charge is 2.43. The smallest absolute Gasteiger partial charge is 0.185 e. The van der Waals surface area contributed by atoms with Gasteiger partial charge in [-0.3, -0.25) is 4.98 Å². The molecule has 18 heavy (non-hydrogen) atoms. The van der Waals surface area contributed by atoms with Crippen LogP contribution in [0.2, 0.25) is 0 Å². The van der Waals surface area contributed by atoms with E-state index in [1.54, 1.807) is 27.3 Å². The second-order valence-electron chi connectivity index (χ2n) is 5.02. The third-order valence-corrected chi connectivity index (χ3v) is 3.81. The Balaban J connectivity index is 2.34. The highest BCUT2D eigenvalue weighted by Crippen LogP contribution is 2.40. The predicted molar refractivity (Wildman–Crippen MR) is 68.3 cm³/mol. The first-order chi connectivity index (χ1) is 8.61. The van der Waals surface area contributed by atoms with Crippen molar-refractivity contribution in [1.29, 1.82) is 0 Å². The molecule has 2 unspecified atom stereocenters. The molecule has 1 aliphatic rings. The van der Waals surface area contributed by atoms with E-state index in [2.05, 4.69) is 11.1 Å². The van der Waals surface area contributed by atoms with Gasteiger partial charge in [0.1, 0.15) is 5.60 Å². The van der Waals surface area contributed by atoms with Crippen LogP contribution in [0, 0.1) is 0 Å². The van der Waals surface area contributed by atoms with E-state index >= 15 is 0 Å². The maximum atomic E-state index is 10.8. The molecule has 1 aliphatic carbocycles. The van der Waals surface area contributed by atoms with Crippen LogP contribution in [0.4, 0.5) is 0 Å². The van der Waals surface area contributed by atoms with Gasteiger partial charge in [0.2, 0.25) is 0 Å². The van der Waals surface area contributed by atoms with Crippen LogP contribution in [0.25, 0.3) is 0 Å². The van der Waals surface area contributed by atoms with Gasteiger partial charge >= 0.3 is 0 Å². The van der Waals surface area contributed by atoms with E-state index in [0.717, 1.165) is 25.0 Å². The number of fused-ring (bicyclic) bond motifs is 1. The van der Waals surface area contributed by atoms with Crippen molar-refractivity contribution in [2.45, 2.75) is 44.0 Å². The minimum atomic E-state index is -1.08. The van der Waals surface area contributed by atoms with E-state index in [4.69, 9.17) is 9.47 Å². The monoisotopic (exact) mass is 251 g/mol. The molecule has 0 fully saturated rings. The molecular weight excluding hydrogens is 230 g/mol. The fourth-order valence-corrected chi connectivity index (χ4v) is 2.92. The van der Waals surface area contributed by atoms with E-state index in [9.17, 15) is 5.11 Å². The highest BCUT2D eigenvalue weighted by molar-refractivity contribution is 5.28. The average Bonchev–Trinajstić information content (AvgIpc) is 2.39. The Kier molecular flexibility index (Phi) is 4.00. The molecule has 0 spiro atoms. The third kappa shape index (κ3) is 2.28. The summed E-state index contributed by atoms with van der Waals surface area (Å²) in [5, 5.41) is 10.8. The fraction of sp³-hybridized carbons (Fsp3) is 0.643. The first-order valence-electron chi connectivity index (χ1n) is 6.33. The highest BCUT2D eigenvalue weighted by atomic mass is 16.7. The van der Waals surface area contributed by atoms with Crippen LogP contribution in [0.15, 0.2) is 18.3 Å². The van der Waals surface area contributed by atoms with Crippen molar-refractivity contribution in [2.75, 3.05) is 14.2 Å². The van der Waals surface area contributed by atoms with Crippen LogP contribution >= 0.6 is 0 Å². The Morgan fingerprint density at radius 2 is 2.17 bits per heavy atom. The van der Waals surface area contributed by atoms with Crippen LogP contribution in [0.1, 0.15) is 36.9 Å². The van der Waals surface area contributed by atoms with Crippen molar-refractivity contribution < 1.29 is 14.6 Å². The summed E-state index contributed by atoms with van der Waals surface area (Å²) in [6.07, 6.45) is 4.12. The molecule has 0 aliphatic heterocycles. The Bertz CT molecular complexity index is 402. The molecule has 4 heteroatoms. The van der Waals surface area contributed by atoms with Crippen LogP contribution in [0.5, 0.6) is 0 Å². The number of aliphatic hydroxyl groups is 1. The Morgan fingerprint density at radius 1 is 1.44 bits per heavy atom. The third-order valence-electron chi connectivity index (χ3n) is 3.81. The maximum absolute atomic E-state index is 10.8. The van der Waals surface area contributed by atoms with Crippen LogP contribution in [-0.4, -0.2) is 36.2 Å². The lowest BCUT2D eigenvalue weighted by Gasteiger charge is -2.39. The number of rotatable bonds is 4. The summed E-state index contributed by atoms with van der Waals surface area (Å²) < 4.78 is 10.5. The van der Waals surface area contributed by atoms with Gasteiger partial charge in [-0.25, -0.2) is 0 Å². The van der Waals surface area contributed by atoms with Crippen LogP contribution in [0.3, 0.4) is 0 Å². The number of pyridine rings is 1. The lowest BCUT2D eigenvalue weighted by atomic mass is 9.76. The molecule has 1 aromatic heterocycles. The van der Waals surface area contributed by atoms with Crippen molar-refractivity contribution in [1.82, 2.24) is 4.98 Å². The molecule has 0 amide bonds. The quantitative estimate of drug-likeness (QED) is 0.830. The SMILES string of the molecule is COC(OC)C(C)(O)C1CCCc2cccnc21. The van der Waals surface area contributed by atoms with Gasteiger partial charge in [-0.05, 0) is 37.8 Å². The minimum Gasteiger partial charge on any atom is -0.384 e. The van der Waals surface area contributed by atoms with Crippen molar-refractivity contribution in [3.05, 3.63) is 29.6 Å². The molecule has 4 nitrogen and oxygen atoms in total. The normalized spacial score (nSPS) is 22.6. The maximum Gasteiger partial charge on any atom is 0.185 e. The molecule has 100 valence electrons. The van der Waals surface area contributed by atoms with E-state index in [0.29, 0.717) is 0 Å². The molecule has 1 aromatic rings. The Morgan fingerprint density at radius 3 is 2.83 bits per heavy atom. The van der Waals surface area contributed by atoms with Crippen molar-refractivity contribution >= 4 is 0 Å². The summed E-state index contributed by atoms with van der Waals surface area (Å²) in [5.74, 6) is -0.0488. The van der Waals surface area contributed by atoms with Gasteiger partial charge in [0.25, 0.3) is 0 Å². The summed E-state index contributed by atoms with van der Waals surface area (Å²) >= 11 is 0. The lowest BCUT2D eigenvalue weighted by Crippen LogP contribution is -2.48. The van der Waals surface area contributed by atoms with Gasteiger partial charge in [-0.15, -0.1) is 0 Å². The molecule has 0 saturated carbocycles. The lowest BCUT2D eigenvalue weighted by molar-refractivity contribution is -0.218. The van der Waals surface area contributed by atoms with Gasteiger partial charge in [-0.1, -0.05) is 6.07 Å². The number of ether oxygens (including phenoxy) is 2. The van der Waals surface area contributed by atoms with Crippen molar-refractivity contribution in [2.24, 2.45) is 0 Å². The van der Waals surface area contributed by atoms with E-state index < -0.39 is 11.9 Å². The van der Waals surface area contributed by atoms with Gasteiger partial charge in [-0.2, -0.15) is 0 Å². The molecular formula is C14H21NO3. The number of hydrogen-bond acceptors (Lipinski definition) is 4. The number of nitrogens with zero attached hydrogens (tertiary/aromatic N) is 1. The van der Waals surface area contributed by atoms with E-state index in [1.807, 2.05) is 6.07 Å². The zero-order chi connectivity index (χ0) is 13.2. The average molecular weight is 251 g/mol. The Labute approximate surface area is 108 Å². The molecule has 0 radical (unpaired) electrons. The number of hydrogen-bond donors (Lipinski definition) is 1. The molecule has 0 aromatic carbocycles. The van der Waals surface area contributed by atoms with E-state index in [1.165, 1.54) is 5.56 Å². The minimum absolute atomic E-state index is 0.0488. The topological polar surface area (TPSA) is 51.6 Å². The number of aromatic nitrogens is 1. The molecule has 1 N–H and O–H groups in total. The second kappa shape index (κ2) is 5.34. The number of methoxy groups -OCH3 is 2. The van der Waals surface area contributed by atoms with Gasteiger partial charge in [0.15, 0.2) is 6.29 Å². The van der Waals surface area contributed by atoms with Gasteiger partial charge in [0.05, 0.1) is 0 Å². The van der Waals surface area contributed by atoms with Crippen molar-refractivity contribution in [3.63, 3.8) is 0 Å².